The summed E-state index contributed by atoms with van der Waals surface area (Å²) in [5, 5.41) is 323. The molecule has 10 aliphatic heterocycles. The Bertz CT molecular complexity index is 3310. The van der Waals surface area contributed by atoms with E-state index in [1.165, 1.54) is 0 Å². The fourth-order valence-corrected chi connectivity index (χ4v) is 15.8. The predicted molar refractivity (Wildman–Crippen MR) is 376 cm³/mol. The first-order valence-electron chi connectivity index (χ1n) is 39.1. The van der Waals surface area contributed by atoms with E-state index in [4.69, 9.17) is 90.0 Å². The van der Waals surface area contributed by atoms with Crippen molar-refractivity contribution in [1.82, 2.24) is 21.3 Å². The zero-order valence-corrected chi connectivity index (χ0v) is 65.9. The Balaban J connectivity index is 1.09. The summed E-state index contributed by atoms with van der Waals surface area (Å²) in [6, 6.07) is -7.83. The van der Waals surface area contributed by atoms with Gasteiger partial charge in [-0.05, 0) is 0 Å². The lowest BCUT2D eigenvalue weighted by molar-refractivity contribution is -0.408. The summed E-state index contributed by atoms with van der Waals surface area (Å²) in [5.41, 5.74) is 0. The average molecular weight is 1800 g/mol. The largest absolute Gasteiger partial charge is 0.394 e. The smallest absolute Gasteiger partial charge is 0.217 e. The number of carbonyl (C=O) groups is 4. The molecule has 0 aromatic heterocycles. The second kappa shape index (κ2) is 44.3. The van der Waals surface area contributed by atoms with Crippen molar-refractivity contribution in [3.63, 3.8) is 0 Å². The number of hydrogen-bond donors (Lipinski definition) is 32. The molecule has 10 fully saturated rings. The number of aliphatic hydroxyl groups is 28. The van der Waals surface area contributed by atoms with Gasteiger partial charge in [0.1, 0.15) is 244 Å². The molecule has 0 aliphatic carbocycles. The minimum Gasteiger partial charge on any atom is -0.394 e. The third-order valence-corrected chi connectivity index (χ3v) is 22.5. The Labute approximate surface area is 695 Å². The van der Waals surface area contributed by atoms with Crippen LogP contribution < -0.4 is 21.3 Å². The van der Waals surface area contributed by atoms with Crippen LogP contribution >= 0.6 is 0 Å². The van der Waals surface area contributed by atoms with Crippen LogP contribution in [0.3, 0.4) is 0 Å². The monoisotopic (exact) mass is 1800 g/mol. The van der Waals surface area contributed by atoms with E-state index in [1.807, 2.05) is 0 Å². The molecule has 0 spiro atoms. The van der Waals surface area contributed by atoms with Crippen molar-refractivity contribution in [3.8, 4) is 0 Å². The summed E-state index contributed by atoms with van der Waals surface area (Å²) in [5.74, 6) is -3.85. The molecule has 0 aromatic carbocycles. The molecule has 55 heteroatoms. The summed E-state index contributed by atoms with van der Waals surface area (Å²) in [4.78, 5) is 51.8. The van der Waals surface area contributed by atoms with Gasteiger partial charge in [0.25, 0.3) is 0 Å². The first-order valence-corrected chi connectivity index (χ1v) is 39.1. The van der Waals surface area contributed by atoms with Gasteiger partial charge in [-0.3, -0.25) is 19.2 Å². The van der Waals surface area contributed by atoms with Crippen LogP contribution in [0.2, 0.25) is 0 Å². The van der Waals surface area contributed by atoms with Crippen LogP contribution in [0.5, 0.6) is 0 Å². The van der Waals surface area contributed by atoms with Gasteiger partial charge in [-0.25, -0.2) is 0 Å². The van der Waals surface area contributed by atoms with Crippen molar-refractivity contribution in [1.29, 1.82) is 0 Å². The number of nitrogens with one attached hydrogen (secondary N) is 4. The van der Waals surface area contributed by atoms with E-state index in [0.29, 0.717) is 0 Å². The molecule has 0 saturated carbocycles. The molecular formula is C68H114N4O51. The van der Waals surface area contributed by atoms with E-state index in [1.54, 1.807) is 0 Å². The Morgan fingerprint density at radius 2 is 0.472 bits per heavy atom. The molecule has 712 valence electrons. The summed E-state index contributed by atoms with van der Waals surface area (Å²) in [6.07, 6.45) is -100. The average Bonchev–Trinajstić information content (AvgIpc) is 0.756. The molecule has 10 heterocycles. The van der Waals surface area contributed by atoms with E-state index < -0.39 is 397 Å². The molecule has 10 saturated heterocycles. The van der Waals surface area contributed by atoms with Gasteiger partial charge in [0.15, 0.2) is 62.9 Å². The standard InChI is InChI=1S/C68H114N4O51/c1-15(81)69-29-40(92)52(24(10-78)107-59(29)104)117-61-31(71-17(3)83)41(93)54(26(12-80)113-61)119-67-51(103)57(122-68-58(46(98)37(89)23(9-77)112-68)123-62-32(72-18(4)84)42(94)53(25(11-79)114-62)118-65-48(100)44(96)35(87)21(7-75)110-65)55(120-60-30(70-16(2)82)39(91)33(85)19(5-73)108-60)28(116-67)14-106-64-50(102)56(121-66-49(101)45(97)36(88)22(8-76)111-66)38(90)27(115-64)13-105-63-47(99)43(95)34(86)20(6-74)109-63/h19-68,73-80,85-104H,5-14H2,1-4H3,(H,69,81)(H,70,82)(H,71,83)(H,72,84)/t19-,20-,21-,22-,23-,24-,25-,26-,27-,28-,29-,30-,31-,32-,33-,34-,35+,36-,37-,38-,39-,40-,41-,42-,43+,44+,45+,46+,47+,48-,49+,50+,51+,52-,53-,54-,55-,56+,57-,58+,59?,60+,61+,62+,63+,64+,65+,66-,67+,68-/m1/s1. The molecule has 10 rings (SSSR count). The van der Waals surface area contributed by atoms with E-state index in [0.717, 1.165) is 27.7 Å². The van der Waals surface area contributed by atoms with E-state index in [-0.39, 0.29) is 0 Å². The minimum absolute atomic E-state index is 0.824. The first-order chi connectivity index (χ1) is 58.2. The SMILES string of the molecule is CC(=O)N[C@H]1[C@H](O[C@H]2[C@H](O)[C@@H](NC(C)=O)C(O)O[C@@H]2CO)O[C@H](CO)[C@@H](O[C@@H]2O[C@H](CO[C@H]3O[C@H](CO[C@H]4O[C@H](CO)[C@@H](O)[C@H](O)[C@@H]4O)[C@@H](O)[C@H](O[C@H]4O[C@H](CO)[C@@H](O)[C@H](O)[C@@H]4O)[C@@H]3O)[C@@H](O[C@@H]3O[C@H](CO)[C@@H](O)[C@H](O)[C@H]3NC(C)=O)[C@H](O[C@H]3O[C@H](CO)[C@@H](O)[C@H](O)[C@@H]3O[C@@H]3O[C@H](CO)[C@@H](O[C@@H]4O[C@H](CO)[C@H](O)[C@H](O)[C@H]4O)[C@H](O)[C@H]3NC(C)=O)[C@@H]2O)[C@@H]1O. The van der Waals surface area contributed by atoms with Crippen molar-refractivity contribution in [3.05, 3.63) is 0 Å². The van der Waals surface area contributed by atoms with Gasteiger partial charge in [-0.1, -0.05) is 0 Å². The third kappa shape index (κ3) is 22.4. The Morgan fingerprint density at radius 1 is 0.211 bits per heavy atom. The molecular weight excluding hydrogens is 1690 g/mol. The third-order valence-electron chi connectivity index (χ3n) is 22.5. The van der Waals surface area contributed by atoms with Gasteiger partial charge in [0.2, 0.25) is 23.6 Å². The topological polar surface area (TPSA) is 858 Å². The van der Waals surface area contributed by atoms with Crippen LogP contribution in [0.15, 0.2) is 0 Å². The van der Waals surface area contributed by atoms with Crippen LogP contribution in [0.1, 0.15) is 27.7 Å². The first kappa shape index (κ1) is 101. The Morgan fingerprint density at radius 3 is 0.894 bits per heavy atom. The highest BCUT2D eigenvalue weighted by molar-refractivity contribution is 5.74. The highest BCUT2D eigenvalue weighted by atomic mass is 16.8. The molecule has 0 aromatic rings. The fraction of sp³-hybridized carbons (Fsp3) is 0.941. The van der Waals surface area contributed by atoms with E-state index in [2.05, 4.69) is 21.3 Å². The van der Waals surface area contributed by atoms with E-state index >= 15 is 0 Å². The maximum atomic E-state index is 13.3. The van der Waals surface area contributed by atoms with Crippen LogP contribution in [0.25, 0.3) is 0 Å². The van der Waals surface area contributed by atoms with Crippen molar-refractivity contribution in [2.24, 2.45) is 0 Å². The predicted octanol–water partition coefficient (Wildman–Crippen LogP) is -22.2. The lowest BCUT2D eigenvalue weighted by Gasteiger charge is -2.52. The van der Waals surface area contributed by atoms with Gasteiger partial charge in [0.05, 0.1) is 66.1 Å². The van der Waals surface area contributed by atoms with Crippen LogP contribution in [-0.4, -0.2) is 539 Å². The maximum Gasteiger partial charge on any atom is 0.217 e. The quantitative estimate of drug-likeness (QED) is 0.0297. The molecule has 32 N–H and O–H groups in total. The fourth-order valence-electron chi connectivity index (χ4n) is 15.8. The maximum absolute atomic E-state index is 13.3. The van der Waals surface area contributed by atoms with Gasteiger partial charge >= 0.3 is 0 Å². The highest BCUT2D eigenvalue weighted by Crippen LogP contribution is 2.41. The number of carbonyl (C=O) groups excluding carboxylic acids is 4. The summed E-state index contributed by atoms with van der Waals surface area (Å²) < 4.78 is 114. The van der Waals surface area contributed by atoms with Gasteiger partial charge < -0.3 is 254 Å². The van der Waals surface area contributed by atoms with Gasteiger partial charge in [-0.15, -0.1) is 0 Å². The van der Waals surface area contributed by atoms with Crippen molar-refractivity contribution in [2.45, 2.75) is 335 Å². The van der Waals surface area contributed by atoms with Crippen molar-refractivity contribution >= 4 is 23.6 Å². The van der Waals surface area contributed by atoms with Crippen molar-refractivity contribution in [2.75, 3.05) is 66.1 Å². The van der Waals surface area contributed by atoms with Crippen molar-refractivity contribution < 1.29 is 252 Å². The number of aliphatic hydroxyl groups excluding tert-OH is 28. The minimum atomic E-state index is -2.78. The second-order valence-corrected chi connectivity index (χ2v) is 31.0. The normalized spacial score (nSPS) is 49.4. The molecule has 0 radical (unpaired) electrons. The molecule has 10 aliphatic rings. The summed E-state index contributed by atoms with van der Waals surface area (Å²) >= 11 is 0. The Hall–Kier alpha value is -4.00. The summed E-state index contributed by atoms with van der Waals surface area (Å²) in [6.45, 7) is -7.84. The molecule has 50 atom stereocenters. The molecule has 55 nitrogen and oxygen atoms in total. The number of hydrogen-bond acceptors (Lipinski definition) is 51. The Kier molecular flexibility index (Phi) is 36.4. The molecule has 1 unspecified atom stereocenters. The number of ether oxygens (including phenoxy) is 19. The zero-order valence-electron chi connectivity index (χ0n) is 65.9. The van der Waals surface area contributed by atoms with Crippen LogP contribution in [0.4, 0.5) is 0 Å². The number of rotatable bonds is 32. The molecule has 123 heavy (non-hydrogen) atoms. The van der Waals surface area contributed by atoms with Gasteiger partial charge in [-0.2, -0.15) is 0 Å². The second-order valence-electron chi connectivity index (χ2n) is 31.0. The lowest BCUT2D eigenvalue weighted by Crippen LogP contribution is -2.71. The molecule has 4 amide bonds. The lowest BCUT2D eigenvalue weighted by atomic mass is 9.93. The van der Waals surface area contributed by atoms with Crippen LogP contribution in [0, 0.1) is 0 Å². The van der Waals surface area contributed by atoms with Crippen LogP contribution in [-0.2, 0) is 109 Å². The van der Waals surface area contributed by atoms with E-state index in [9.17, 15) is 162 Å². The van der Waals surface area contributed by atoms with Gasteiger partial charge in [0, 0.05) is 27.7 Å². The highest BCUT2D eigenvalue weighted by Gasteiger charge is 2.62. The number of amides is 4. The zero-order chi connectivity index (χ0) is 90.5. The molecule has 0 bridgehead atoms. The summed E-state index contributed by atoms with van der Waals surface area (Å²) in [7, 11) is 0.